The maximum absolute atomic E-state index is 11.2. The first-order chi connectivity index (χ1) is 6.00. The van der Waals surface area contributed by atoms with Crippen LogP contribution in [0, 0.1) is 0 Å². The summed E-state index contributed by atoms with van der Waals surface area (Å²) in [5, 5.41) is 11.1. The highest BCUT2D eigenvalue weighted by molar-refractivity contribution is 5.86. The van der Waals surface area contributed by atoms with Crippen LogP contribution < -0.4 is 5.32 Å². The van der Waals surface area contributed by atoms with Gasteiger partial charge in [0.15, 0.2) is 0 Å². The second-order valence-corrected chi connectivity index (χ2v) is 3.22. The van der Waals surface area contributed by atoms with E-state index in [-0.39, 0.29) is 24.5 Å². The smallest absolute Gasteiger partial charge is 0.306 e. The molecule has 0 saturated carbocycles. The van der Waals surface area contributed by atoms with E-state index in [0.717, 1.165) is 0 Å². The van der Waals surface area contributed by atoms with E-state index < -0.39 is 12.1 Å². The molecule has 1 heterocycles. The van der Waals surface area contributed by atoms with Gasteiger partial charge in [0.25, 0.3) is 0 Å². The van der Waals surface area contributed by atoms with Crippen molar-refractivity contribution in [3.05, 3.63) is 0 Å². The predicted molar refractivity (Wildman–Crippen MR) is 44.2 cm³/mol. The van der Waals surface area contributed by atoms with E-state index in [1.165, 1.54) is 0 Å². The van der Waals surface area contributed by atoms with Gasteiger partial charge >= 0.3 is 5.97 Å². The second-order valence-electron chi connectivity index (χ2n) is 3.22. The van der Waals surface area contributed by atoms with Crippen molar-refractivity contribution in [1.82, 2.24) is 5.32 Å². The van der Waals surface area contributed by atoms with Crippen LogP contribution in [-0.4, -0.2) is 35.2 Å². The molecule has 0 bridgehead atoms. The molecule has 3 unspecified atom stereocenters. The summed E-state index contributed by atoms with van der Waals surface area (Å²) in [6.07, 6.45) is -1.26. The molecule has 0 radical (unpaired) electrons. The van der Waals surface area contributed by atoms with Gasteiger partial charge in [-0.15, -0.1) is 0 Å². The number of carbonyl (C=O) groups is 2. The van der Waals surface area contributed by atoms with Gasteiger partial charge in [-0.3, -0.25) is 9.59 Å². The summed E-state index contributed by atoms with van der Waals surface area (Å²) in [5.41, 5.74) is 0. The lowest BCUT2D eigenvalue weighted by atomic mass is 10.1. The molecule has 0 aromatic carbocycles. The van der Waals surface area contributed by atoms with E-state index in [9.17, 15) is 9.59 Å². The van der Waals surface area contributed by atoms with Crippen molar-refractivity contribution >= 4 is 11.9 Å². The fourth-order valence-electron chi connectivity index (χ4n) is 1.17. The van der Waals surface area contributed by atoms with Crippen molar-refractivity contribution in [2.45, 2.75) is 38.5 Å². The zero-order valence-corrected chi connectivity index (χ0v) is 7.61. The van der Waals surface area contributed by atoms with Crippen molar-refractivity contribution in [3.63, 3.8) is 0 Å². The van der Waals surface area contributed by atoms with Crippen LogP contribution in [-0.2, 0) is 14.3 Å². The molecule has 1 saturated heterocycles. The summed E-state index contributed by atoms with van der Waals surface area (Å²) in [4.78, 5) is 21.5. The molecule has 1 fully saturated rings. The number of hydrogen-bond donors (Lipinski definition) is 2. The van der Waals surface area contributed by atoms with Crippen LogP contribution in [0.5, 0.6) is 0 Å². The zero-order chi connectivity index (χ0) is 10.0. The molecule has 1 rings (SSSR count). The Hall–Kier alpha value is -1.10. The van der Waals surface area contributed by atoms with E-state index in [1.807, 2.05) is 6.92 Å². The first-order valence-electron chi connectivity index (χ1n) is 4.18. The number of ether oxygens (including phenoxy) is 1. The maximum atomic E-state index is 11.2. The summed E-state index contributed by atoms with van der Waals surface area (Å²) in [7, 11) is 0. The number of carboxylic acid groups (broad SMARTS) is 1. The summed E-state index contributed by atoms with van der Waals surface area (Å²) in [6, 6.07) is -0.0578. The lowest BCUT2D eigenvalue weighted by Gasteiger charge is -2.32. The normalized spacial score (nSPS) is 34.0. The third-order valence-corrected chi connectivity index (χ3v) is 2.11. The number of carboxylic acids is 1. The number of hydrogen-bond acceptors (Lipinski definition) is 3. The van der Waals surface area contributed by atoms with Gasteiger partial charge in [-0.2, -0.15) is 0 Å². The van der Waals surface area contributed by atoms with E-state index in [1.54, 1.807) is 6.92 Å². The standard InChI is InChI=1S/C8H13NO4/c1-4-5(2)13-6(3-7(10)11)8(12)9-4/h4-6H,3H2,1-2H3,(H,9,12)(H,10,11). The number of nitrogens with one attached hydrogen (secondary N) is 1. The Morgan fingerprint density at radius 3 is 2.77 bits per heavy atom. The Balaban J connectivity index is 2.56. The molecule has 1 aliphatic rings. The Morgan fingerprint density at radius 1 is 1.62 bits per heavy atom. The monoisotopic (exact) mass is 187 g/mol. The third-order valence-electron chi connectivity index (χ3n) is 2.11. The topological polar surface area (TPSA) is 75.6 Å². The predicted octanol–water partition coefficient (Wildman–Crippen LogP) is -0.247. The van der Waals surface area contributed by atoms with Crippen molar-refractivity contribution in [2.75, 3.05) is 0 Å². The molecule has 0 spiro atoms. The number of amides is 1. The van der Waals surface area contributed by atoms with Gasteiger partial charge in [-0.1, -0.05) is 0 Å². The first kappa shape index (κ1) is 9.98. The minimum atomic E-state index is -1.03. The van der Waals surface area contributed by atoms with Crippen LogP contribution in [0.2, 0.25) is 0 Å². The van der Waals surface area contributed by atoms with Crippen molar-refractivity contribution in [1.29, 1.82) is 0 Å². The minimum Gasteiger partial charge on any atom is -0.481 e. The molecule has 5 nitrogen and oxygen atoms in total. The lowest BCUT2D eigenvalue weighted by molar-refractivity contribution is -0.156. The van der Waals surface area contributed by atoms with Crippen LogP contribution in [0.4, 0.5) is 0 Å². The molecular weight excluding hydrogens is 174 g/mol. The van der Waals surface area contributed by atoms with Crippen molar-refractivity contribution in [2.24, 2.45) is 0 Å². The Morgan fingerprint density at radius 2 is 2.23 bits per heavy atom. The quantitative estimate of drug-likeness (QED) is 0.625. The molecule has 0 aromatic rings. The molecule has 2 N–H and O–H groups in total. The van der Waals surface area contributed by atoms with E-state index >= 15 is 0 Å². The van der Waals surface area contributed by atoms with Crippen LogP contribution in [0.15, 0.2) is 0 Å². The highest BCUT2D eigenvalue weighted by Gasteiger charge is 2.32. The van der Waals surface area contributed by atoms with Gasteiger partial charge < -0.3 is 15.2 Å². The summed E-state index contributed by atoms with van der Waals surface area (Å²) in [5.74, 6) is -1.37. The molecule has 0 aliphatic carbocycles. The summed E-state index contributed by atoms with van der Waals surface area (Å²) >= 11 is 0. The van der Waals surface area contributed by atoms with Crippen LogP contribution in [0.3, 0.4) is 0 Å². The van der Waals surface area contributed by atoms with E-state index in [4.69, 9.17) is 9.84 Å². The van der Waals surface area contributed by atoms with Gasteiger partial charge in [0, 0.05) is 0 Å². The molecule has 1 amide bonds. The summed E-state index contributed by atoms with van der Waals surface area (Å²) < 4.78 is 5.23. The molecule has 13 heavy (non-hydrogen) atoms. The number of aliphatic carboxylic acids is 1. The van der Waals surface area contributed by atoms with Crippen LogP contribution in [0.1, 0.15) is 20.3 Å². The Labute approximate surface area is 76.1 Å². The average molecular weight is 187 g/mol. The Kier molecular flexibility index (Phi) is 2.87. The molecule has 1 aliphatic heterocycles. The Bertz CT molecular complexity index is 228. The first-order valence-corrected chi connectivity index (χ1v) is 4.18. The number of morpholine rings is 1. The third kappa shape index (κ3) is 2.42. The van der Waals surface area contributed by atoms with Crippen molar-refractivity contribution in [3.8, 4) is 0 Å². The highest BCUT2D eigenvalue weighted by atomic mass is 16.5. The van der Waals surface area contributed by atoms with Gasteiger partial charge in [0.05, 0.1) is 18.6 Å². The maximum Gasteiger partial charge on any atom is 0.306 e. The molecule has 74 valence electrons. The number of rotatable bonds is 2. The van der Waals surface area contributed by atoms with Crippen molar-refractivity contribution < 1.29 is 19.4 Å². The number of carbonyl (C=O) groups excluding carboxylic acids is 1. The SMILES string of the molecule is CC1NC(=O)C(CC(=O)O)OC1C. The minimum absolute atomic E-state index is 0.0578. The lowest BCUT2D eigenvalue weighted by Crippen LogP contribution is -2.54. The highest BCUT2D eigenvalue weighted by Crippen LogP contribution is 2.12. The van der Waals surface area contributed by atoms with Gasteiger partial charge in [-0.25, -0.2) is 0 Å². The van der Waals surface area contributed by atoms with Gasteiger partial charge in [0.1, 0.15) is 6.10 Å². The summed E-state index contributed by atoms with van der Waals surface area (Å²) in [6.45, 7) is 3.62. The van der Waals surface area contributed by atoms with Crippen LogP contribution >= 0.6 is 0 Å². The van der Waals surface area contributed by atoms with Gasteiger partial charge in [-0.05, 0) is 13.8 Å². The van der Waals surface area contributed by atoms with E-state index in [2.05, 4.69) is 5.32 Å². The molecule has 5 heteroatoms. The largest absolute Gasteiger partial charge is 0.481 e. The molecular formula is C8H13NO4. The van der Waals surface area contributed by atoms with Crippen LogP contribution in [0.25, 0.3) is 0 Å². The fourth-order valence-corrected chi connectivity index (χ4v) is 1.17. The molecule has 0 aromatic heterocycles. The molecule has 3 atom stereocenters. The second kappa shape index (κ2) is 3.74. The van der Waals surface area contributed by atoms with Gasteiger partial charge in [0.2, 0.25) is 5.91 Å². The zero-order valence-electron chi connectivity index (χ0n) is 7.61. The van der Waals surface area contributed by atoms with E-state index in [0.29, 0.717) is 0 Å². The average Bonchev–Trinajstić information content (AvgIpc) is 1.99. The fraction of sp³-hybridized carbons (Fsp3) is 0.750.